The first-order valence-corrected chi connectivity index (χ1v) is 5.76. The predicted octanol–water partition coefficient (Wildman–Crippen LogP) is 3.89. The van der Waals surface area contributed by atoms with Gasteiger partial charge in [-0.05, 0) is 34.0 Å². The van der Waals surface area contributed by atoms with E-state index in [1.54, 1.807) is 0 Å². The molecule has 1 heterocycles. The Hall–Kier alpha value is -0.760. The third-order valence-corrected chi connectivity index (χ3v) is 3.64. The molecular weight excluding hydrogens is 238 g/mol. The molecule has 0 aliphatic rings. The summed E-state index contributed by atoms with van der Waals surface area (Å²) >= 11 is 3.66. The number of para-hydroxylation sites is 1. The number of rotatable bonds is 2. The first-order valence-electron chi connectivity index (χ1n) is 4.97. The van der Waals surface area contributed by atoms with Crippen LogP contribution in [0.4, 0.5) is 0 Å². The average molecular weight is 252 g/mol. The Morgan fingerprint density at radius 1 is 1.29 bits per heavy atom. The Morgan fingerprint density at radius 2 is 2.00 bits per heavy atom. The van der Waals surface area contributed by atoms with Crippen LogP contribution in [0.3, 0.4) is 0 Å². The first kappa shape index (κ1) is 9.78. The lowest BCUT2D eigenvalue weighted by Crippen LogP contribution is -1.87. The Balaban J connectivity index is 2.74. The van der Waals surface area contributed by atoms with E-state index in [0.717, 1.165) is 6.42 Å². The van der Waals surface area contributed by atoms with E-state index in [1.807, 2.05) is 0 Å². The fourth-order valence-corrected chi connectivity index (χ4v) is 2.53. The minimum atomic E-state index is 1.14. The molecule has 1 aromatic carbocycles. The molecule has 0 amide bonds. The van der Waals surface area contributed by atoms with Crippen molar-refractivity contribution in [3.63, 3.8) is 0 Å². The third-order valence-electron chi connectivity index (χ3n) is 2.63. The summed E-state index contributed by atoms with van der Waals surface area (Å²) in [5.74, 6) is 0. The van der Waals surface area contributed by atoms with Crippen LogP contribution in [-0.4, -0.2) is 4.57 Å². The smallest absolute Gasteiger partial charge is 0.0887 e. The maximum absolute atomic E-state index is 3.66. The Morgan fingerprint density at radius 3 is 2.71 bits per heavy atom. The molecule has 0 saturated heterocycles. The number of benzene rings is 1. The number of aromatic nitrogens is 1. The van der Waals surface area contributed by atoms with Gasteiger partial charge in [-0.15, -0.1) is 0 Å². The van der Waals surface area contributed by atoms with E-state index in [1.165, 1.54) is 27.5 Å². The third kappa shape index (κ3) is 1.38. The molecule has 14 heavy (non-hydrogen) atoms. The minimum absolute atomic E-state index is 1.14. The SMILES string of the molecule is CCCc1c(Br)n(C)c2ccccc12. The van der Waals surface area contributed by atoms with E-state index in [4.69, 9.17) is 0 Å². The van der Waals surface area contributed by atoms with Crippen molar-refractivity contribution >= 4 is 26.8 Å². The van der Waals surface area contributed by atoms with Gasteiger partial charge in [-0.2, -0.15) is 0 Å². The van der Waals surface area contributed by atoms with E-state index in [9.17, 15) is 0 Å². The highest BCUT2D eigenvalue weighted by Gasteiger charge is 2.10. The average Bonchev–Trinajstić information content (AvgIpc) is 2.45. The molecular formula is C12H14BrN. The molecule has 1 nitrogen and oxygen atoms in total. The van der Waals surface area contributed by atoms with Gasteiger partial charge in [-0.25, -0.2) is 0 Å². The van der Waals surface area contributed by atoms with Crippen LogP contribution in [0.2, 0.25) is 0 Å². The van der Waals surface area contributed by atoms with Crippen molar-refractivity contribution in [1.82, 2.24) is 4.57 Å². The first-order chi connectivity index (χ1) is 6.75. The summed E-state index contributed by atoms with van der Waals surface area (Å²) in [7, 11) is 2.10. The molecule has 74 valence electrons. The highest BCUT2D eigenvalue weighted by atomic mass is 79.9. The molecule has 0 aliphatic heterocycles. The molecule has 0 N–H and O–H groups in total. The van der Waals surface area contributed by atoms with E-state index < -0.39 is 0 Å². The molecule has 1 aromatic heterocycles. The van der Waals surface area contributed by atoms with Gasteiger partial charge in [0, 0.05) is 18.0 Å². The summed E-state index contributed by atoms with van der Waals surface area (Å²) in [6, 6.07) is 8.56. The summed E-state index contributed by atoms with van der Waals surface area (Å²) < 4.78 is 3.43. The van der Waals surface area contributed by atoms with Gasteiger partial charge < -0.3 is 4.57 Å². The maximum Gasteiger partial charge on any atom is 0.0887 e. The van der Waals surface area contributed by atoms with Crippen molar-refractivity contribution in [2.24, 2.45) is 7.05 Å². The summed E-state index contributed by atoms with van der Waals surface area (Å²) in [5, 5.41) is 1.38. The molecule has 0 spiro atoms. The van der Waals surface area contributed by atoms with Crippen LogP contribution >= 0.6 is 15.9 Å². The number of hydrogen-bond acceptors (Lipinski definition) is 0. The van der Waals surface area contributed by atoms with Crippen LogP contribution < -0.4 is 0 Å². The lowest BCUT2D eigenvalue weighted by atomic mass is 10.1. The van der Waals surface area contributed by atoms with Crippen LogP contribution in [0.5, 0.6) is 0 Å². The van der Waals surface area contributed by atoms with Crippen LogP contribution in [0.25, 0.3) is 10.9 Å². The van der Waals surface area contributed by atoms with Crippen molar-refractivity contribution in [1.29, 1.82) is 0 Å². The Bertz CT molecular complexity index is 457. The quantitative estimate of drug-likeness (QED) is 0.764. The van der Waals surface area contributed by atoms with Gasteiger partial charge in [0.15, 0.2) is 0 Å². The number of fused-ring (bicyclic) bond motifs is 1. The summed E-state index contributed by atoms with van der Waals surface area (Å²) in [5.41, 5.74) is 2.74. The topological polar surface area (TPSA) is 4.93 Å². The van der Waals surface area contributed by atoms with Crippen molar-refractivity contribution in [3.8, 4) is 0 Å². The molecule has 0 aliphatic carbocycles. The maximum atomic E-state index is 3.66. The predicted molar refractivity (Wildman–Crippen MR) is 64.6 cm³/mol. The lowest BCUT2D eigenvalue weighted by molar-refractivity contribution is 0.882. The summed E-state index contributed by atoms with van der Waals surface area (Å²) in [4.78, 5) is 0. The zero-order valence-corrected chi connectivity index (χ0v) is 10.1. The fourth-order valence-electron chi connectivity index (χ4n) is 1.93. The molecule has 0 atom stereocenters. The Labute approximate surface area is 92.9 Å². The van der Waals surface area contributed by atoms with E-state index in [0.29, 0.717) is 0 Å². The van der Waals surface area contributed by atoms with Crippen molar-refractivity contribution in [2.75, 3.05) is 0 Å². The highest BCUT2D eigenvalue weighted by Crippen LogP contribution is 2.29. The van der Waals surface area contributed by atoms with Crippen LogP contribution in [0.15, 0.2) is 28.9 Å². The lowest BCUT2D eigenvalue weighted by Gasteiger charge is -1.97. The fraction of sp³-hybridized carbons (Fsp3) is 0.333. The molecule has 2 rings (SSSR count). The number of aryl methyl sites for hydroxylation is 2. The van der Waals surface area contributed by atoms with Gasteiger partial charge in [0.25, 0.3) is 0 Å². The number of halogens is 1. The molecule has 0 radical (unpaired) electrons. The van der Waals surface area contributed by atoms with Crippen LogP contribution in [-0.2, 0) is 13.5 Å². The monoisotopic (exact) mass is 251 g/mol. The normalized spacial score (nSPS) is 11.1. The summed E-state index contributed by atoms with van der Waals surface area (Å²) in [6.45, 7) is 2.22. The van der Waals surface area contributed by atoms with Gasteiger partial charge in [0.1, 0.15) is 0 Å². The van der Waals surface area contributed by atoms with Gasteiger partial charge in [-0.3, -0.25) is 0 Å². The van der Waals surface area contributed by atoms with Crippen molar-refractivity contribution in [3.05, 3.63) is 34.4 Å². The van der Waals surface area contributed by atoms with Gasteiger partial charge in [0.2, 0.25) is 0 Å². The largest absolute Gasteiger partial charge is 0.338 e. The van der Waals surface area contributed by atoms with E-state index >= 15 is 0 Å². The second-order valence-corrected chi connectivity index (χ2v) is 4.35. The van der Waals surface area contributed by atoms with Gasteiger partial charge >= 0.3 is 0 Å². The zero-order chi connectivity index (χ0) is 10.1. The second-order valence-electron chi connectivity index (χ2n) is 3.60. The van der Waals surface area contributed by atoms with Crippen molar-refractivity contribution in [2.45, 2.75) is 19.8 Å². The van der Waals surface area contributed by atoms with Crippen LogP contribution in [0.1, 0.15) is 18.9 Å². The number of hydrogen-bond donors (Lipinski definition) is 0. The van der Waals surface area contributed by atoms with Crippen molar-refractivity contribution < 1.29 is 0 Å². The second kappa shape index (κ2) is 3.77. The van der Waals surface area contributed by atoms with Crippen LogP contribution in [0, 0.1) is 0 Å². The molecule has 0 unspecified atom stereocenters. The molecule has 0 saturated carbocycles. The van der Waals surface area contributed by atoms with Gasteiger partial charge in [0.05, 0.1) is 4.60 Å². The van der Waals surface area contributed by atoms with Gasteiger partial charge in [-0.1, -0.05) is 31.5 Å². The summed E-state index contributed by atoms with van der Waals surface area (Å²) in [6.07, 6.45) is 2.33. The molecule has 0 bridgehead atoms. The molecule has 2 heteroatoms. The standard InChI is InChI=1S/C12H14BrN/c1-3-6-10-9-7-4-5-8-11(9)14(2)12(10)13/h4-5,7-8H,3,6H2,1-2H3. The molecule has 2 aromatic rings. The highest BCUT2D eigenvalue weighted by molar-refractivity contribution is 9.10. The number of nitrogens with zero attached hydrogens (tertiary/aromatic N) is 1. The Kier molecular flexibility index (Phi) is 2.64. The molecule has 0 fully saturated rings. The zero-order valence-electron chi connectivity index (χ0n) is 8.55. The minimum Gasteiger partial charge on any atom is -0.338 e. The van der Waals surface area contributed by atoms with E-state index in [-0.39, 0.29) is 0 Å². The van der Waals surface area contributed by atoms with E-state index in [2.05, 4.69) is 58.7 Å².